The van der Waals surface area contributed by atoms with E-state index in [0.29, 0.717) is 21.9 Å². The Hall–Kier alpha value is -2.75. The van der Waals surface area contributed by atoms with Gasteiger partial charge in [0.1, 0.15) is 18.0 Å². The number of carboxylic acid groups (broad SMARTS) is 1. The Balaban J connectivity index is 2.03. The number of halogens is 4. The fourth-order valence-electron chi connectivity index (χ4n) is 3.84. The molecule has 4 rings (SSSR count). The van der Waals surface area contributed by atoms with E-state index in [9.17, 15) is 18.7 Å². The van der Waals surface area contributed by atoms with Gasteiger partial charge in [0.15, 0.2) is 5.82 Å². The molecular weight excluding hydrogens is 467 g/mol. The molecule has 0 aliphatic carbocycles. The van der Waals surface area contributed by atoms with Crippen LogP contribution in [0.25, 0.3) is 5.69 Å². The van der Waals surface area contributed by atoms with E-state index in [0.717, 1.165) is 10.1 Å². The molecule has 0 saturated carbocycles. The molecule has 0 saturated heterocycles. The minimum Gasteiger partial charge on any atom is -0.496 e. The van der Waals surface area contributed by atoms with E-state index < -0.39 is 35.8 Å². The first-order valence-electron chi connectivity index (χ1n) is 9.45. The molecule has 0 radical (unpaired) electrons. The lowest BCUT2D eigenvalue weighted by molar-refractivity contribution is -0.141. The zero-order valence-electron chi connectivity index (χ0n) is 16.9. The van der Waals surface area contributed by atoms with Gasteiger partial charge in [0.2, 0.25) is 5.82 Å². The fourth-order valence-corrected chi connectivity index (χ4v) is 4.14. The molecule has 2 heterocycles. The SMILES string of the molecule is COc1cccc([C@H]2O[C@H](CC(=O)O)c3nnc(C(F)(F)Cl)n3-c3ccc(Cl)cc32)c1C. The van der Waals surface area contributed by atoms with Gasteiger partial charge in [-0.2, -0.15) is 8.78 Å². The van der Waals surface area contributed by atoms with Gasteiger partial charge in [0.25, 0.3) is 0 Å². The van der Waals surface area contributed by atoms with Crippen LogP contribution in [0.4, 0.5) is 8.78 Å². The number of hydrogen-bond acceptors (Lipinski definition) is 5. The Labute approximate surface area is 191 Å². The molecule has 0 spiro atoms. The van der Waals surface area contributed by atoms with Crippen LogP contribution in [-0.4, -0.2) is 33.0 Å². The maximum absolute atomic E-state index is 14.2. The summed E-state index contributed by atoms with van der Waals surface area (Å²) in [5.74, 6) is -1.57. The average Bonchev–Trinajstić information content (AvgIpc) is 3.12. The molecule has 1 aliphatic heterocycles. The van der Waals surface area contributed by atoms with Crippen LogP contribution in [0.3, 0.4) is 0 Å². The number of aromatic nitrogens is 3. The fraction of sp³-hybridized carbons (Fsp3) is 0.286. The van der Waals surface area contributed by atoms with Crippen molar-refractivity contribution in [3.63, 3.8) is 0 Å². The molecule has 2 atom stereocenters. The van der Waals surface area contributed by atoms with E-state index >= 15 is 0 Å². The lowest BCUT2D eigenvalue weighted by atomic mass is 9.95. The van der Waals surface area contributed by atoms with Crippen molar-refractivity contribution in [2.45, 2.75) is 30.9 Å². The molecule has 1 N–H and O–H groups in total. The number of hydrogen-bond donors (Lipinski definition) is 1. The number of alkyl halides is 3. The Morgan fingerprint density at radius 1 is 1.28 bits per heavy atom. The van der Waals surface area contributed by atoms with Crippen molar-refractivity contribution in [1.82, 2.24) is 14.8 Å². The molecular formula is C21H17Cl2F2N3O4. The van der Waals surface area contributed by atoms with E-state index in [-0.39, 0.29) is 11.5 Å². The number of aliphatic carboxylic acids is 1. The van der Waals surface area contributed by atoms with Crippen LogP contribution < -0.4 is 4.74 Å². The van der Waals surface area contributed by atoms with Crippen LogP contribution in [0.5, 0.6) is 5.75 Å². The molecule has 7 nitrogen and oxygen atoms in total. The Morgan fingerprint density at radius 3 is 2.69 bits per heavy atom. The summed E-state index contributed by atoms with van der Waals surface area (Å²) in [6.45, 7) is 1.82. The van der Waals surface area contributed by atoms with Gasteiger partial charge in [-0.3, -0.25) is 9.36 Å². The highest BCUT2D eigenvalue weighted by molar-refractivity contribution is 6.30. The zero-order chi connectivity index (χ0) is 23.2. The average molecular weight is 484 g/mol. The predicted molar refractivity (Wildman–Crippen MR) is 112 cm³/mol. The summed E-state index contributed by atoms with van der Waals surface area (Å²) in [6.07, 6.45) is -2.59. The van der Waals surface area contributed by atoms with Crippen LogP contribution in [0.1, 0.15) is 47.0 Å². The second-order valence-corrected chi connectivity index (χ2v) is 8.11. The molecule has 2 aromatic carbocycles. The molecule has 0 unspecified atom stereocenters. The summed E-state index contributed by atoms with van der Waals surface area (Å²) >= 11 is 11.5. The van der Waals surface area contributed by atoms with Gasteiger partial charge < -0.3 is 14.6 Å². The standard InChI is InChI=1S/C21H17Cl2F2N3O4/c1-10-12(4-3-5-15(10)31-2)18-13-8-11(22)6-7-14(13)28-19(16(32-18)9-17(29)30)26-27-20(28)21(23,24)25/h3-8,16,18H,9H2,1-2H3,(H,29,30)/t16-,18-/m1/s1. The van der Waals surface area contributed by atoms with E-state index in [4.69, 9.17) is 32.7 Å². The van der Waals surface area contributed by atoms with Gasteiger partial charge in [-0.05, 0) is 53.9 Å². The third kappa shape index (κ3) is 3.92. The molecule has 0 amide bonds. The summed E-state index contributed by atoms with van der Waals surface area (Å²) in [6, 6.07) is 9.92. The topological polar surface area (TPSA) is 86.5 Å². The third-order valence-corrected chi connectivity index (χ3v) is 5.64. The first-order chi connectivity index (χ1) is 15.1. The second kappa shape index (κ2) is 8.31. The van der Waals surface area contributed by atoms with E-state index in [1.807, 2.05) is 6.92 Å². The molecule has 3 aromatic rings. The normalized spacial score (nSPS) is 17.9. The van der Waals surface area contributed by atoms with Crippen LogP contribution >= 0.6 is 23.2 Å². The maximum atomic E-state index is 14.2. The molecule has 0 bridgehead atoms. The van der Waals surface area contributed by atoms with Crippen molar-refractivity contribution in [2.75, 3.05) is 7.11 Å². The molecule has 1 aliphatic rings. The van der Waals surface area contributed by atoms with E-state index in [2.05, 4.69) is 10.2 Å². The van der Waals surface area contributed by atoms with Gasteiger partial charge in [-0.25, -0.2) is 0 Å². The summed E-state index contributed by atoms with van der Waals surface area (Å²) in [4.78, 5) is 11.6. The Kier molecular flexibility index (Phi) is 5.83. The largest absolute Gasteiger partial charge is 0.496 e. The Bertz CT molecular complexity index is 1200. The summed E-state index contributed by atoms with van der Waals surface area (Å²) in [5, 5.41) is 13.3. The van der Waals surface area contributed by atoms with Gasteiger partial charge in [-0.1, -0.05) is 23.7 Å². The zero-order valence-corrected chi connectivity index (χ0v) is 18.4. The van der Waals surface area contributed by atoms with Crippen molar-refractivity contribution < 1.29 is 28.2 Å². The molecule has 32 heavy (non-hydrogen) atoms. The van der Waals surface area contributed by atoms with Gasteiger partial charge in [0.05, 0.1) is 19.2 Å². The summed E-state index contributed by atoms with van der Waals surface area (Å²) < 4.78 is 41.1. The van der Waals surface area contributed by atoms with Gasteiger partial charge in [-0.15, -0.1) is 10.2 Å². The second-order valence-electron chi connectivity index (χ2n) is 7.20. The van der Waals surface area contributed by atoms with E-state index in [1.165, 1.54) is 19.2 Å². The summed E-state index contributed by atoms with van der Waals surface area (Å²) in [7, 11) is 1.52. The third-order valence-electron chi connectivity index (χ3n) is 5.23. The van der Waals surface area contributed by atoms with Gasteiger partial charge in [0, 0.05) is 10.6 Å². The smallest absolute Gasteiger partial charge is 0.382 e. The summed E-state index contributed by atoms with van der Waals surface area (Å²) in [5.41, 5.74) is 2.07. The predicted octanol–water partition coefficient (Wildman–Crippen LogP) is 5.16. The van der Waals surface area contributed by atoms with Crippen LogP contribution in [0.2, 0.25) is 5.02 Å². The van der Waals surface area contributed by atoms with Crippen LogP contribution in [-0.2, 0) is 14.9 Å². The highest BCUT2D eigenvalue weighted by Crippen LogP contribution is 2.45. The first-order valence-corrected chi connectivity index (χ1v) is 10.2. The molecule has 168 valence electrons. The quantitative estimate of drug-likeness (QED) is 0.504. The van der Waals surface area contributed by atoms with Crippen LogP contribution in [0, 0.1) is 6.92 Å². The number of nitrogens with zero attached hydrogens (tertiary/aromatic N) is 3. The van der Waals surface area contributed by atoms with Crippen molar-refractivity contribution >= 4 is 29.2 Å². The van der Waals surface area contributed by atoms with E-state index in [1.54, 1.807) is 24.3 Å². The molecule has 1 aromatic heterocycles. The highest BCUT2D eigenvalue weighted by Gasteiger charge is 2.42. The number of carboxylic acids is 1. The lowest BCUT2D eigenvalue weighted by Gasteiger charge is -2.24. The minimum atomic E-state index is -3.86. The highest BCUT2D eigenvalue weighted by atomic mass is 35.5. The molecule has 11 heteroatoms. The van der Waals surface area contributed by atoms with Crippen molar-refractivity contribution in [3.8, 4) is 11.4 Å². The maximum Gasteiger partial charge on any atom is 0.382 e. The first kappa shape index (κ1) is 22.4. The van der Waals surface area contributed by atoms with Crippen molar-refractivity contribution in [2.24, 2.45) is 0 Å². The molecule has 0 fully saturated rings. The van der Waals surface area contributed by atoms with Crippen LogP contribution in [0.15, 0.2) is 36.4 Å². The monoisotopic (exact) mass is 483 g/mol. The number of ether oxygens (including phenoxy) is 2. The van der Waals surface area contributed by atoms with Crippen molar-refractivity contribution in [1.29, 1.82) is 0 Å². The Morgan fingerprint density at radius 2 is 2.03 bits per heavy atom. The lowest BCUT2D eigenvalue weighted by Crippen LogP contribution is -2.17. The number of rotatable bonds is 5. The number of fused-ring (bicyclic) bond motifs is 3. The number of carbonyl (C=O) groups is 1. The van der Waals surface area contributed by atoms with Gasteiger partial charge >= 0.3 is 11.4 Å². The number of methoxy groups -OCH3 is 1. The number of benzene rings is 2. The minimum absolute atomic E-state index is 0.102. The van der Waals surface area contributed by atoms with Crippen molar-refractivity contribution in [3.05, 3.63) is 69.8 Å².